The fourth-order valence-electron chi connectivity index (χ4n) is 1.17. The summed E-state index contributed by atoms with van der Waals surface area (Å²) < 4.78 is 5.12. The molecule has 4 nitrogen and oxygen atoms in total. The zero-order valence-electron chi connectivity index (χ0n) is 10.3. The topological polar surface area (TPSA) is 66.4 Å². The third-order valence-electron chi connectivity index (χ3n) is 1.97. The predicted octanol–water partition coefficient (Wildman–Crippen LogP) is -2.41. The van der Waals surface area contributed by atoms with E-state index in [1.54, 1.807) is 25.3 Å². The van der Waals surface area contributed by atoms with Gasteiger partial charge >= 0.3 is 29.6 Å². The van der Waals surface area contributed by atoms with Gasteiger partial charge in [-0.25, -0.2) is 0 Å². The number of aliphatic carboxylic acids is 1. The van der Waals surface area contributed by atoms with Crippen molar-refractivity contribution in [2.75, 3.05) is 7.11 Å². The first kappa shape index (κ1) is 16.6. The number of hydrogen-bond donors (Lipinski definition) is 0. The van der Waals surface area contributed by atoms with E-state index in [1.807, 2.05) is 18.2 Å². The van der Waals surface area contributed by atoms with Crippen LogP contribution in [0.4, 0.5) is 0 Å². The maximum absolute atomic E-state index is 10.7. The Bertz CT molecular complexity index is 478. The van der Waals surface area contributed by atoms with Gasteiger partial charge in [0.15, 0.2) is 0 Å². The Morgan fingerprint density at radius 1 is 1.22 bits per heavy atom. The zero-order chi connectivity index (χ0) is 12.7. The van der Waals surface area contributed by atoms with Gasteiger partial charge in [0.1, 0.15) is 11.7 Å². The summed E-state index contributed by atoms with van der Waals surface area (Å²) in [5.41, 5.74) is 0.834. The number of hydrogen-bond acceptors (Lipinski definition) is 4. The molecule has 0 aromatic heterocycles. The number of carboxylic acids is 1. The Balaban J connectivity index is 0.00000289. The summed E-state index contributed by atoms with van der Waals surface area (Å²) in [5.74, 6) is -2.08. The quantitative estimate of drug-likeness (QED) is 0.254. The van der Waals surface area contributed by atoms with Gasteiger partial charge in [0.25, 0.3) is 0 Å². The van der Waals surface area contributed by atoms with Crippen LogP contribution >= 0.6 is 0 Å². The Hall–Kier alpha value is -1.36. The molecule has 1 rings (SSSR count). The van der Waals surface area contributed by atoms with Crippen molar-refractivity contribution >= 4 is 17.8 Å². The van der Waals surface area contributed by atoms with Gasteiger partial charge in [0.2, 0.25) is 5.78 Å². The number of carboxylic acid groups (broad SMARTS) is 1. The predicted molar refractivity (Wildman–Crippen MR) is 61.2 cm³/mol. The Labute approximate surface area is 127 Å². The summed E-state index contributed by atoms with van der Waals surface area (Å²) in [6, 6.07) is 7.32. The first-order valence-electron chi connectivity index (χ1n) is 4.88. The second kappa shape index (κ2) is 8.69. The largest absolute Gasteiger partial charge is 1.00 e. The molecule has 0 bridgehead atoms. The SMILES string of the molecule is COc1ccccc1C=CC=CC(=O)C(=O)[O-].[Na+]. The average Bonchev–Trinajstić information content (AvgIpc) is 2.34. The molecular formula is C13H11NaO4. The van der Waals surface area contributed by atoms with Gasteiger partial charge in [-0.05, 0) is 12.1 Å². The molecule has 88 valence electrons. The third-order valence-corrected chi connectivity index (χ3v) is 1.97. The van der Waals surface area contributed by atoms with Crippen molar-refractivity contribution in [2.24, 2.45) is 0 Å². The molecule has 0 radical (unpaired) electrons. The van der Waals surface area contributed by atoms with Crippen molar-refractivity contribution in [1.82, 2.24) is 0 Å². The number of para-hydroxylation sites is 1. The number of ether oxygens (including phenoxy) is 1. The Morgan fingerprint density at radius 2 is 1.89 bits per heavy atom. The van der Waals surface area contributed by atoms with E-state index in [0.717, 1.165) is 11.6 Å². The van der Waals surface area contributed by atoms with E-state index < -0.39 is 11.8 Å². The molecule has 0 heterocycles. The summed E-state index contributed by atoms with van der Waals surface area (Å²) in [6.45, 7) is 0. The van der Waals surface area contributed by atoms with Gasteiger partial charge in [-0.2, -0.15) is 0 Å². The number of ketones is 1. The van der Waals surface area contributed by atoms with Gasteiger partial charge in [-0.15, -0.1) is 0 Å². The summed E-state index contributed by atoms with van der Waals surface area (Å²) >= 11 is 0. The molecule has 0 aliphatic carbocycles. The van der Waals surface area contributed by atoms with E-state index in [4.69, 9.17) is 4.74 Å². The zero-order valence-corrected chi connectivity index (χ0v) is 12.3. The minimum Gasteiger partial charge on any atom is -0.541 e. The number of carbonyl (C=O) groups excluding carboxylic acids is 2. The fourth-order valence-corrected chi connectivity index (χ4v) is 1.17. The van der Waals surface area contributed by atoms with Crippen LogP contribution in [-0.4, -0.2) is 18.9 Å². The number of allylic oxidation sites excluding steroid dienone is 2. The molecule has 18 heavy (non-hydrogen) atoms. The maximum atomic E-state index is 10.7. The van der Waals surface area contributed by atoms with Crippen LogP contribution in [0.1, 0.15) is 5.56 Å². The second-order valence-corrected chi connectivity index (χ2v) is 3.11. The maximum Gasteiger partial charge on any atom is 1.00 e. The van der Waals surface area contributed by atoms with Crippen molar-refractivity contribution in [3.63, 3.8) is 0 Å². The van der Waals surface area contributed by atoms with Gasteiger partial charge in [0.05, 0.1) is 7.11 Å². The molecule has 0 atom stereocenters. The molecular weight excluding hydrogens is 243 g/mol. The van der Waals surface area contributed by atoms with Crippen molar-refractivity contribution < 1.29 is 49.0 Å². The van der Waals surface area contributed by atoms with Gasteiger partial charge in [-0.3, -0.25) is 4.79 Å². The molecule has 0 amide bonds. The number of carbonyl (C=O) groups is 2. The fraction of sp³-hybridized carbons (Fsp3) is 0.0769. The summed E-state index contributed by atoms with van der Waals surface area (Å²) in [7, 11) is 1.56. The smallest absolute Gasteiger partial charge is 0.541 e. The van der Waals surface area contributed by atoms with E-state index >= 15 is 0 Å². The molecule has 1 aromatic carbocycles. The second-order valence-electron chi connectivity index (χ2n) is 3.11. The Kier molecular flexibility index (Phi) is 8.03. The molecule has 0 saturated heterocycles. The first-order valence-corrected chi connectivity index (χ1v) is 4.88. The number of benzene rings is 1. The monoisotopic (exact) mass is 254 g/mol. The van der Waals surface area contributed by atoms with E-state index in [1.165, 1.54) is 6.08 Å². The van der Waals surface area contributed by atoms with Crippen LogP contribution < -0.4 is 39.4 Å². The standard InChI is InChI=1S/C13H12O4.Na/c1-17-12-9-5-3-7-10(12)6-2-4-8-11(14)13(15)16;/h2-9H,1H3,(H,15,16);/q;+1/p-1. The van der Waals surface area contributed by atoms with Crippen LogP contribution in [0.2, 0.25) is 0 Å². The van der Waals surface area contributed by atoms with Crippen LogP contribution in [0, 0.1) is 0 Å². The van der Waals surface area contributed by atoms with Gasteiger partial charge in [-0.1, -0.05) is 36.4 Å². The molecule has 0 saturated carbocycles. The molecule has 5 heteroatoms. The van der Waals surface area contributed by atoms with Crippen LogP contribution in [0.5, 0.6) is 5.75 Å². The van der Waals surface area contributed by atoms with E-state index in [-0.39, 0.29) is 29.6 Å². The molecule has 1 aromatic rings. The molecule has 0 spiro atoms. The third kappa shape index (κ3) is 5.31. The van der Waals surface area contributed by atoms with Crippen molar-refractivity contribution in [3.05, 3.63) is 48.1 Å². The van der Waals surface area contributed by atoms with Crippen LogP contribution in [0.25, 0.3) is 6.08 Å². The Morgan fingerprint density at radius 3 is 2.50 bits per heavy atom. The van der Waals surface area contributed by atoms with Gasteiger partial charge in [0, 0.05) is 5.56 Å². The van der Waals surface area contributed by atoms with E-state index in [0.29, 0.717) is 5.75 Å². The molecule has 0 aliphatic heterocycles. The van der Waals surface area contributed by atoms with E-state index in [2.05, 4.69) is 0 Å². The first-order chi connectivity index (χ1) is 8.15. The number of rotatable bonds is 5. The average molecular weight is 254 g/mol. The van der Waals surface area contributed by atoms with E-state index in [9.17, 15) is 14.7 Å². The van der Waals surface area contributed by atoms with Gasteiger partial charge < -0.3 is 14.6 Å². The van der Waals surface area contributed by atoms with Crippen molar-refractivity contribution in [2.45, 2.75) is 0 Å². The van der Waals surface area contributed by atoms with Crippen molar-refractivity contribution in [1.29, 1.82) is 0 Å². The molecule has 0 fully saturated rings. The molecule has 0 unspecified atom stereocenters. The van der Waals surface area contributed by atoms with Crippen molar-refractivity contribution in [3.8, 4) is 5.75 Å². The minimum atomic E-state index is -1.72. The minimum absolute atomic E-state index is 0. The normalized spacial score (nSPS) is 10.3. The van der Waals surface area contributed by atoms with Crippen LogP contribution in [0.15, 0.2) is 42.5 Å². The summed E-state index contributed by atoms with van der Waals surface area (Å²) in [5, 5.41) is 10.1. The molecule has 0 aliphatic rings. The number of methoxy groups -OCH3 is 1. The summed E-state index contributed by atoms with van der Waals surface area (Å²) in [6.07, 6.45) is 5.53. The summed E-state index contributed by atoms with van der Waals surface area (Å²) in [4.78, 5) is 20.8. The molecule has 0 N–H and O–H groups in total. The van der Waals surface area contributed by atoms with Crippen LogP contribution in [0.3, 0.4) is 0 Å². The van der Waals surface area contributed by atoms with Crippen LogP contribution in [-0.2, 0) is 9.59 Å².